The van der Waals surface area contributed by atoms with Crippen molar-refractivity contribution in [2.45, 2.75) is 38.3 Å². The zero-order valence-electron chi connectivity index (χ0n) is 12.9. The van der Waals surface area contributed by atoms with Gasteiger partial charge in [-0.15, -0.1) is 0 Å². The lowest BCUT2D eigenvalue weighted by Crippen LogP contribution is -2.44. The Hall–Kier alpha value is -1.65. The van der Waals surface area contributed by atoms with Crippen molar-refractivity contribution in [1.29, 1.82) is 0 Å². The average molecular weight is 287 g/mol. The first kappa shape index (κ1) is 15.7. The molecule has 0 aliphatic heterocycles. The summed E-state index contributed by atoms with van der Waals surface area (Å²) in [5.74, 6) is 1.12. The largest absolute Gasteiger partial charge is 0.394 e. The third-order valence-electron chi connectivity index (χ3n) is 4.13. The van der Waals surface area contributed by atoms with Gasteiger partial charge < -0.3 is 15.0 Å². The molecule has 0 fully saturated rings. The number of benzene rings is 1. The van der Waals surface area contributed by atoms with Crippen LogP contribution in [0.3, 0.4) is 0 Å². The van der Waals surface area contributed by atoms with Crippen LogP contribution < -0.4 is 5.32 Å². The summed E-state index contributed by atoms with van der Waals surface area (Å²) >= 11 is 0. The molecule has 2 N–H and O–H groups in total. The minimum absolute atomic E-state index is 0.0747. The maximum atomic E-state index is 9.94. The molecule has 0 aliphatic rings. The highest BCUT2D eigenvalue weighted by Crippen LogP contribution is 2.25. The number of aliphatic hydroxyl groups excluding tert-OH is 1. The summed E-state index contributed by atoms with van der Waals surface area (Å²) in [7, 11) is 1.91. The van der Waals surface area contributed by atoms with E-state index in [4.69, 9.17) is 0 Å². The number of hydrogen-bond acceptors (Lipinski definition) is 3. The first-order valence-corrected chi connectivity index (χ1v) is 7.61. The van der Waals surface area contributed by atoms with Crippen molar-refractivity contribution in [3.63, 3.8) is 0 Å². The Bertz CT molecular complexity index is 532. The van der Waals surface area contributed by atoms with Crippen molar-refractivity contribution in [3.05, 3.63) is 54.1 Å². The van der Waals surface area contributed by atoms with Crippen LogP contribution in [0, 0.1) is 0 Å². The summed E-state index contributed by atoms with van der Waals surface area (Å²) in [5, 5.41) is 13.3. The Morgan fingerprint density at radius 3 is 2.67 bits per heavy atom. The number of aromatic nitrogens is 2. The maximum Gasteiger partial charge on any atom is 0.108 e. The van der Waals surface area contributed by atoms with E-state index in [0.717, 1.165) is 37.2 Å². The van der Waals surface area contributed by atoms with E-state index < -0.39 is 5.54 Å². The first-order valence-electron chi connectivity index (χ1n) is 7.61. The second-order valence-electron chi connectivity index (χ2n) is 5.39. The van der Waals surface area contributed by atoms with Crippen LogP contribution in [0.4, 0.5) is 0 Å². The molecule has 0 aliphatic carbocycles. The fourth-order valence-corrected chi connectivity index (χ4v) is 2.73. The summed E-state index contributed by atoms with van der Waals surface area (Å²) in [6.45, 7) is 3.07. The number of likely N-dealkylation sites (N-methyl/N-ethyl adjacent to an activating group) is 1. The number of rotatable bonds is 8. The van der Waals surface area contributed by atoms with E-state index in [1.807, 2.05) is 37.6 Å². The monoisotopic (exact) mass is 287 g/mol. The van der Waals surface area contributed by atoms with Crippen molar-refractivity contribution in [1.82, 2.24) is 14.9 Å². The van der Waals surface area contributed by atoms with E-state index >= 15 is 0 Å². The molecule has 0 bridgehead atoms. The van der Waals surface area contributed by atoms with Gasteiger partial charge in [-0.2, -0.15) is 0 Å². The van der Waals surface area contributed by atoms with E-state index in [9.17, 15) is 5.11 Å². The van der Waals surface area contributed by atoms with Crippen LogP contribution in [0.25, 0.3) is 0 Å². The summed E-state index contributed by atoms with van der Waals surface area (Å²) < 4.78 is 2.19. The molecule has 0 saturated heterocycles. The molecule has 4 nitrogen and oxygen atoms in total. The van der Waals surface area contributed by atoms with Crippen LogP contribution in [0.1, 0.15) is 31.2 Å². The molecule has 114 valence electrons. The highest BCUT2D eigenvalue weighted by atomic mass is 16.3. The molecule has 1 aromatic heterocycles. The van der Waals surface area contributed by atoms with Gasteiger partial charge in [-0.1, -0.05) is 37.3 Å². The van der Waals surface area contributed by atoms with Crippen LogP contribution in [0.15, 0.2) is 42.7 Å². The number of aryl methyl sites for hydroxylation is 2. The van der Waals surface area contributed by atoms with Crippen LogP contribution in [-0.4, -0.2) is 28.3 Å². The molecule has 0 spiro atoms. The summed E-state index contributed by atoms with van der Waals surface area (Å²) in [6.07, 6.45) is 6.77. The maximum absolute atomic E-state index is 9.94. The predicted molar refractivity (Wildman–Crippen MR) is 85.1 cm³/mol. The van der Waals surface area contributed by atoms with E-state index in [0.29, 0.717) is 0 Å². The topological polar surface area (TPSA) is 50.1 Å². The van der Waals surface area contributed by atoms with Gasteiger partial charge in [-0.3, -0.25) is 0 Å². The molecule has 2 aromatic rings. The first-order chi connectivity index (χ1) is 10.3. The Balaban J connectivity index is 2.15. The molecule has 4 heteroatoms. The van der Waals surface area contributed by atoms with E-state index in [1.54, 1.807) is 0 Å². The van der Waals surface area contributed by atoms with Crippen LogP contribution in [0.2, 0.25) is 0 Å². The minimum atomic E-state index is -0.408. The highest BCUT2D eigenvalue weighted by Gasteiger charge is 2.29. The minimum Gasteiger partial charge on any atom is -0.394 e. The molecule has 0 saturated carbocycles. The predicted octanol–water partition coefficient (Wildman–Crippen LogP) is 2.33. The SMILES string of the molecule is CCCc1nccn1CCC(CO)(NC)c1ccccc1. The van der Waals surface area contributed by atoms with Gasteiger partial charge in [0.25, 0.3) is 0 Å². The lowest BCUT2D eigenvalue weighted by Gasteiger charge is -2.32. The third kappa shape index (κ3) is 3.52. The summed E-state index contributed by atoms with van der Waals surface area (Å²) in [5.41, 5.74) is 0.710. The number of nitrogens with one attached hydrogen (secondary N) is 1. The number of imidazole rings is 1. The molecule has 1 atom stereocenters. The van der Waals surface area contributed by atoms with Gasteiger partial charge in [-0.05, 0) is 25.5 Å². The van der Waals surface area contributed by atoms with Crippen molar-refractivity contribution in [2.75, 3.05) is 13.7 Å². The van der Waals surface area contributed by atoms with Crippen LogP contribution in [-0.2, 0) is 18.5 Å². The van der Waals surface area contributed by atoms with Crippen LogP contribution >= 0.6 is 0 Å². The standard InChI is InChI=1S/C17H25N3O/c1-3-7-16-19-11-13-20(16)12-10-17(14-21,18-2)15-8-5-4-6-9-15/h4-6,8-9,11,13,18,21H,3,7,10,12,14H2,1-2H3. The molecule has 1 heterocycles. The lowest BCUT2D eigenvalue weighted by molar-refractivity contribution is 0.153. The fourth-order valence-electron chi connectivity index (χ4n) is 2.73. The van der Waals surface area contributed by atoms with Gasteiger partial charge in [-0.25, -0.2) is 4.98 Å². The Kier molecular flexibility index (Phi) is 5.53. The van der Waals surface area contributed by atoms with Gasteiger partial charge in [0.15, 0.2) is 0 Å². The zero-order valence-corrected chi connectivity index (χ0v) is 12.9. The molecule has 1 aromatic carbocycles. The second-order valence-corrected chi connectivity index (χ2v) is 5.39. The van der Waals surface area contributed by atoms with Gasteiger partial charge >= 0.3 is 0 Å². The molecular formula is C17H25N3O. The number of aliphatic hydroxyl groups is 1. The summed E-state index contributed by atoms with van der Waals surface area (Å²) in [4.78, 5) is 4.41. The van der Waals surface area contributed by atoms with Gasteiger partial charge in [0, 0.05) is 25.4 Å². The number of hydrogen-bond donors (Lipinski definition) is 2. The van der Waals surface area contributed by atoms with Crippen molar-refractivity contribution < 1.29 is 5.11 Å². The lowest BCUT2D eigenvalue weighted by atomic mass is 9.87. The zero-order chi connectivity index (χ0) is 15.1. The summed E-state index contributed by atoms with van der Waals surface area (Å²) in [6, 6.07) is 10.1. The Labute approximate surface area is 126 Å². The van der Waals surface area contributed by atoms with Crippen molar-refractivity contribution in [2.24, 2.45) is 0 Å². The molecule has 2 rings (SSSR count). The van der Waals surface area contributed by atoms with E-state index in [1.165, 1.54) is 0 Å². The van der Waals surface area contributed by atoms with Crippen molar-refractivity contribution in [3.8, 4) is 0 Å². The van der Waals surface area contributed by atoms with Crippen molar-refractivity contribution >= 4 is 0 Å². The molecular weight excluding hydrogens is 262 g/mol. The number of nitrogens with zero attached hydrogens (tertiary/aromatic N) is 2. The van der Waals surface area contributed by atoms with Gasteiger partial charge in [0.1, 0.15) is 5.82 Å². The van der Waals surface area contributed by atoms with E-state index in [2.05, 4.69) is 33.9 Å². The third-order valence-corrected chi connectivity index (χ3v) is 4.13. The average Bonchev–Trinajstić information content (AvgIpc) is 2.98. The fraction of sp³-hybridized carbons (Fsp3) is 0.471. The normalized spacial score (nSPS) is 14.0. The Morgan fingerprint density at radius 2 is 2.05 bits per heavy atom. The molecule has 0 radical (unpaired) electrons. The molecule has 1 unspecified atom stereocenters. The quantitative estimate of drug-likeness (QED) is 0.783. The molecule has 0 amide bonds. The van der Waals surface area contributed by atoms with E-state index in [-0.39, 0.29) is 6.61 Å². The van der Waals surface area contributed by atoms with Gasteiger partial charge in [0.2, 0.25) is 0 Å². The van der Waals surface area contributed by atoms with Crippen LogP contribution in [0.5, 0.6) is 0 Å². The Morgan fingerprint density at radius 1 is 1.29 bits per heavy atom. The smallest absolute Gasteiger partial charge is 0.108 e. The van der Waals surface area contributed by atoms with Gasteiger partial charge in [0.05, 0.1) is 12.1 Å². The second kappa shape index (κ2) is 7.38. The highest BCUT2D eigenvalue weighted by molar-refractivity contribution is 5.24. The molecule has 21 heavy (non-hydrogen) atoms.